The second-order valence-electron chi connectivity index (χ2n) is 12.3. The molecule has 8 heteroatoms. The predicted molar refractivity (Wildman–Crippen MR) is 157 cm³/mol. The van der Waals surface area contributed by atoms with Gasteiger partial charge in [-0.25, -0.2) is 0 Å². The van der Waals surface area contributed by atoms with Crippen molar-refractivity contribution in [2.24, 2.45) is 10.8 Å². The highest BCUT2D eigenvalue weighted by atomic mass is 16.5. The van der Waals surface area contributed by atoms with Gasteiger partial charge in [-0.05, 0) is 48.2 Å². The maximum absolute atomic E-state index is 10.3. The Balaban J connectivity index is 1.18. The summed E-state index contributed by atoms with van der Waals surface area (Å²) in [6, 6.07) is 16.0. The van der Waals surface area contributed by atoms with E-state index in [4.69, 9.17) is 28.4 Å². The van der Waals surface area contributed by atoms with Gasteiger partial charge in [-0.15, -0.1) is 0 Å². The summed E-state index contributed by atoms with van der Waals surface area (Å²) in [7, 11) is 0. The smallest absolute Gasteiger partial charge is 0.119 e. The topological polar surface area (TPSA) is 95.8 Å². The average Bonchev–Trinajstić information content (AvgIpc) is 2.94. The van der Waals surface area contributed by atoms with Crippen LogP contribution in [-0.4, -0.2) is 88.5 Å². The number of aliphatic hydroxyl groups excluding tert-OH is 2. The fourth-order valence-electron chi connectivity index (χ4n) is 4.97. The Morgan fingerprint density at radius 1 is 0.659 bits per heavy atom. The number of aliphatic hydroxyl groups is 2. The molecule has 0 bridgehead atoms. The van der Waals surface area contributed by atoms with E-state index in [2.05, 4.69) is 52.0 Å². The van der Waals surface area contributed by atoms with E-state index in [9.17, 15) is 10.2 Å². The highest BCUT2D eigenvalue weighted by molar-refractivity contribution is 5.41. The Morgan fingerprint density at radius 2 is 1.02 bits per heavy atom. The van der Waals surface area contributed by atoms with Crippen LogP contribution in [0.25, 0.3) is 0 Å². The molecule has 2 saturated heterocycles. The Kier molecular flexibility index (Phi) is 11.1. The van der Waals surface area contributed by atoms with Gasteiger partial charge in [-0.3, -0.25) is 0 Å². The summed E-state index contributed by atoms with van der Waals surface area (Å²) in [6.07, 6.45) is 0.644. The van der Waals surface area contributed by atoms with Crippen LogP contribution in [0.4, 0.5) is 0 Å². The molecule has 2 N–H and O–H groups in total. The maximum atomic E-state index is 10.3. The minimum absolute atomic E-state index is 0.109. The van der Waals surface area contributed by atoms with E-state index < -0.39 is 12.2 Å². The number of hydrogen-bond donors (Lipinski definition) is 2. The summed E-state index contributed by atoms with van der Waals surface area (Å²) < 4.78 is 33.7. The van der Waals surface area contributed by atoms with Crippen molar-refractivity contribution in [3.8, 4) is 11.5 Å². The van der Waals surface area contributed by atoms with E-state index in [1.807, 2.05) is 24.3 Å². The van der Waals surface area contributed by atoms with Crippen molar-refractivity contribution in [1.82, 2.24) is 0 Å². The Bertz CT molecular complexity index is 949. The molecule has 41 heavy (non-hydrogen) atoms. The molecule has 2 aliphatic rings. The van der Waals surface area contributed by atoms with Crippen molar-refractivity contribution in [3.05, 3.63) is 59.7 Å². The standard InChI is InChI=1S/C33H48O8/c1-5-32(21-38-22-32)19-36-15-27(34)17-40-29-11-7-25(8-12-29)31(3,4)26-9-13-30(14-10-26)41-18-28(35)16-37-20-33(6-2)23-39-24-33/h7-14,27-28,34-35H,5-6,15-24H2,1-4H3. The molecule has 0 radical (unpaired) electrons. The lowest BCUT2D eigenvalue weighted by atomic mass is 9.78. The lowest BCUT2D eigenvalue weighted by Gasteiger charge is -2.40. The van der Waals surface area contributed by atoms with Crippen molar-refractivity contribution in [2.45, 2.75) is 58.2 Å². The molecule has 2 aliphatic heterocycles. The molecule has 2 unspecified atom stereocenters. The molecule has 2 fully saturated rings. The van der Waals surface area contributed by atoms with Gasteiger partial charge in [0.1, 0.15) is 36.9 Å². The van der Waals surface area contributed by atoms with Gasteiger partial charge in [0.25, 0.3) is 0 Å². The zero-order valence-corrected chi connectivity index (χ0v) is 25.1. The third-order valence-corrected chi connectivity index (χ3v) is 8.61. The fourth-order valence-corrected chi connectivity index (χ4v) is 4.97. The lowest BCUT2D eigenvalue weighted by molar-refractivity contribution is -0.156. The number of rotatable bonds is 18. The Morgan fingerprint density at radius 3 is 1.32 bits per heavy atom. The first-order valence-corrected chi connectivity index (χ1v) is 14.8. The second kappa shape index (κ2) is 14.3. The summed E-state index contributed by atoms with van der Waals surface area (Å²) in [5.41, 5.74) is 2.27. The minimum atomic E-state index is -0.689. The van der Waals surface area contributed by atoms with Crippen molar-refractivity contribution >= 4 is 0 Å². The summed E-state index contributed by atoms with van der Waals surface area (Å²) in [4.78, 5) is 0. The van der Waals surface area contributed by atoms with Crippen LogP contribution in [0.1, 0.15) is 51.7 Å². The fraction of sp³-hybridized carbons (Fsp3) is 0.636. The molecule has 2 aromatic rings. The van der Waals surface area contributed by atoms with E-state index in [1.165, 1.54) is 0 Å². The SMILES string of the molecule is CCC1(COCC(O)COc2ccc(C(C)(C)c3ccc(OCC(O)COCC4(CC)COC4)cc3)cc2)COC1. The van der Waals surface area contributed by atoms with E-state index in [-0.39, 0.29) is 42.7 Å². The van der Waals surface area contributed by atoms with Crippen molar-refractivity contribution in [1.29, 1.82) is 0 Å². The van der Waals surface area contributed by atoms with Crippen molar-refractivity contribution in [3.63, 3.8) is 0 Å². The van der Waals surface area contributed by atoms with E-state index >= 15 is 0 Å². The van der Waals surface area contributed by atoms with Gasteiger partial charge in [-0.2, -0.15) is 0 Å². The van der Waals surface area contributed by atoms with Gasteiger partial charge < -0.3 is 38.6 Å². The normalized spacial score (nSPS) is 19.1. The molecule has 0 spiro atoms. The lowest BCUT2D eigenvalue weighted by Crippen LogP contribution is -2.46. The Hall–Kier alpha value is -2.20. The zero-order chi connectivity index (χ0) is 29.3. The summed E-state index contributed by atoms with van der Waals surface area (Å²) >= 11 is 0. The molecule has 2 heterocycles. The number of ether oxygens (including phenoxy) is 6. The quantitative estimate of drug-likeness (QED) is 0.272. The molecule has 2 atom stereocenters. The Labute approximate surface area is 244 Å². The molecule has 8 nitrogen and oxygen atoms in total. The molecule has 0 amide bonds. The number of benzene rings is 2. The van der Waals surface area contributed by atoms with Crippen molar-refractivity contribution in [2.75, 3.05) is 66.1 Å². The van der Waals surface area contributed by atoms with Crippen LogP contribution in [0.2, 0.25) is 0 Å². The van der Waals surface area contributed by atoms with Crippen molar-refractivity contribution < 1.29 is 38.6 Å². The highest BCUT2D eigenvalue weighted by Crippen LogP contribution is 2.34. The molecule has 228 valence electrons. The highest BCUT2D eigenvalue weighted by Gasteiger charge is 2.38. The third-order valence-electron chi connectivity index (χ3n) is 8.61. The van der Waals surface area contributed by atoms with Gasteiger partial charge >= 0.3 is 0 Å². The minimum Gasteiger partial charge on any atom is -0.491 e. The number of hydrogen-bond acceptors (Lipinski definition) is 8. The monoisotopic (exact) mass is 572 g/mol. The summed E-state index contributed by atoms with van der Waals surface area (Å²) in [5.74, 6) is 1.41. The molecule has 4 rings (SSSR count). The average molecular weight is 573 g/mol. The van der Waals surface area contributed by atoms with Crippen LogP contribution in [0.15, 0.2) is 48.5 Å². The first-order chi connectivity index (χ1) is 19.7. The van der Waals surface area contributed by atoms with E-state index in [0.29, 0.717) is 24.7 Å². The molecular weight excluding hydrogens is 524 g/mol. The van der Waals surface area contributed by atoms with Gasteiger partial charge in [-0.1, -0.05) is 52.0 Å². The van der Waals surface area contributed by atoms with Gasteiger partial charge in [0.05, 0.1) is 52.9 Å². The first-order valence-electron chi connectivity index (χ1n) is 14.8. The van der Waals surface area contributed by atoms with Crippen LogP contribution in [0.5, 0.6) is 11.5 Å². The molecule has 0 aromatic heterocycles. The van der Waals surface area contributed by atoms with Crippen LogP contribution in [0, 0.1) is 10.8 Å². The second-order valence-corrected chi connectivity index (χ2v) is 12.3. The largest absolute Gasteiger partial charge is 0.491 e. The maximum Gasteiger partial charge on any atom is 0.119 e. The zero-order valence-electron chi connectivity index (χ0n) is 25.1. The van der Waals surface area contributed by atoms with Gasteiger partial charge in [0.15, 0.2) is 0 Å². The van der Waals surface area contributed by atoms with Crippen LogP contribution in [0.3, 0.4) is 0 Å². The third kappa shape index (κ3) is 8.43. The van der Waals surface area contributed by atoms with E-state index in [0.717, 1.165) is 50.4 Å². The molecular formula is C33H48O8. The van der Waals surface area contributed by atoms with Crippen LogP contribution in [-0.2, 0) is 24.4 Å². The predicted octanol–water partition coefficient (Wildman–Crippen LogP) is 4.38. The van der Waals surface area contributed by atoms with Gasteiger partial charge in [0.2, 0.25) is 0 Å². The first kappa shape index (κ1) is 31.7. The molecule has 2 aromatic carbocycles. The van der Waals surface area contributed by atoms with E-state index in [1.54, 1.807) is 0 Å². The van der Waals surface area contributed by atoms with Gasteiger partial charge in [0, 0.05) is 16.2 Å². The summed E-state index contributed by atoms with van der Waals surface area (Å²) in [5, 5.41) is 20.5. The summed E-state index contributed by atoms with van der Waals surface area (Å²) in [6.45, 7) is 13.6. The van der Waals surface area contributed by atoms with Crippen LogP contribution < -0.4 is 9.47 Å². The molecule has 0 aliphatic carbocycles. The molecule has 0 saturated carbocycles. The van der Waals surface area contributed by atoms with Crippen LogP contribution >= 0.6 is 0 Å².